The van der Waals surface area contributed by atoms with Crippen LogP contribution in [0.1, 0.15) is 0 Å². The minimum Gasteiger partial charge on any atom is -0.505 e. The molecule has 3 aromatic carbocycles. The lowest BCUT2D eigenvalue weighted by atomic mass is 10.1. The van der Waals surface area contributed by atoms with Gasteiger partial charge in [-0.05, 0) is 54.1 Å². The number of ether oxygens (including phenoxy) is 1. The Labute approximate surface area is 212 Å². The molecule has 1 N–H and O–H groups in total. The molecule has 0 fully saturated rings. The molecule has 2 aromatic heterocycles. The van der Waals surface area contributed by atoms with Gasteiger partial charge in [0.25, 0.3) is 5.56 Å². The summed E-state index contributed by atoms with van der Waals surface area (Å²) < 4.78 is 13.2. The molecular formula is C27H18BrNO5S. The molecule has 0 aliphatic heterocycles. The smallest absolute Gasteiger partial charge is 0.354 e. The van der Waals surface area contributed by atoms with Crippen molar-refractivity contribution in [3.8, 4) is 28.4 Å². The molecule has 5 aromatic rings. The van der Waals surface area contributed by atoms with E-state index in [1.54, 1.807) is 49.6 Å². The van der Waals surface area contributed by atoms with Crippen molar-refractivity contribution in [2.75, 3.05) is 7.11 Å². The number of hydrogen-bond acceptors (Lipinski definition) is 6. The fourth-order valence-corrected chi connectivity index (χ4v) is 4.86. The predicted octanol–water partition coefficient (Wildman–Crippen LogP) is 6.24. The fraction of sp³-hybridized carbons (Fsp3) is 0.0370. The Hall–Kier alpha value is -3.75. The van der Waals surface area contributed by atoms with E-state index in [1.165, 1.54) is 4.57 Å². The number of aromatic hydroxyl groups is 1. The third kappa shape index (κ3) is 4.38. The van der Waals surface area contributed by atoms with Crippen molar-refractivity contribution < 1.29 is 14.3 Å². The van der Waals surface area contributed by atoms with Crippen LogP contribution in [0, 0.1) is 0 Å². The Morgan fingerprint density at radius 1 is 0.943 bits per heavy atom. The Bertz CT molecular complexity index is 1640. The highest BCUT2D eigenvalue weighted by molar-refractivity contribution is 9.10. The number of benzene rings is 3. The highest BCUT2D eigenvalue weighted by atomic mass is 79.9. The second-order valence-corrected chi connectivity index (χ2v) is 9.60. The van der Waals surface area contributed by atoms with E-state index < -0.39 is 16.9 Å². The van der Waals surface area contributed by atoms with E-state index in [-0.39, 0.29) is 15.9 Å². The van der Waals surface area contributed by atoms with Crippen LogP contribution in [-0.2, 0) is 0 Å². The van der Waals surface area contributed by atoms with Gasteiger partial charge in [-0.25, -0.2) is 4.79 Å². The maximum absolute atomic E-state index is 13.9. The molecule has 0 aliphatic carbocycles. The standard InChI is InChI=1S/C27H18BrNO5S/c1-33-19-11-9-18(10-12-19)29-21(16-5-3-2-4-6-16)15-22-23(26(29)31)24(30)25(27(32)34-22)35-20-13-7-17(28)8-14-20/h2-15,30H,1H3. The molecular weight excluding hydrogens is 530 g/mol. The van der Waals surface area contributed by atoms with Gasteiger partial charge >= 0.3 is 5.63 Å². The molecule has 35 heavy (non-hydrogen) atoms. The number of hydrogen-bond donors (Lipinski definition) is 1. The first-order valence-corrected chi connectivity index (χ1v) is 12.2. The first kappa shape index (κ1) is 23.0. The van der Waals surface area contributed by atoms with Crippen LogP contribution < -0.4 is 15.9 Å². The van der Waals surface area contributed by atoms with Crippen LogP contribution in [0.25, 0.3) is 27.9 Å². The van der Waals surface area contributed by atoms with Gasteiger partial charge in [0.05, 0.1) is 12.8 Å². The Morgan fingerprint density at radius 2 is 1.63 bits per heavy atom. The SMILES string of the molecule is COc1ccc(-n2c(-c3ccccc3)cc3oc(=O)c(Sc4ccc(Br)cc4)c(O)c3c2=O)cc1. The van der Waals surface area contributed by atoms with Gasteiger partial charge in [0.1, 0.15) is 21.6 Å². The van der Waals surface area contributed by atoms with Crippen LogP contribution in [-0.4, -0.2) is 16.8 Å². The third-order valence-electron chi connectivity index (χ3n) is 5.45. The molecule has 8 heteroatoms. The highest BCUT2D eigenvalue weighted by Crippen LogP contribution is 2.37. The van der Waals surface area contributed by atoms with E-state index in [4.69, 9.17) is 9.15 Å². The molecule has 0 amide bonds. The predicted molar refractivity (Wildman–Crippen MR) is 140 cm³/mol. The van der Waals surface area contributed by atoms with Crippen LogP contribution in [0.15, 0.2) is 113 Å². The summed E-state index contributed by atoms with van der Waals surface area (Å²) in [5.41, 5.74) is 0.626. The molecule has 0 spiro atoms. The van der Waals surface area contributed by atoms with Crippen LogP contribution >= 0.6 is 27.7 Å². The van der Waals surface area contributed by atoms with Crippen molar-refractivity contribution in [1.82, 2.24) is 4.57 Å². The van der Waals surface area contributed by atoms with Crippen LogP contribution in [0.2, 0.25) is 0 Å². The molecule has 0 saturated heterocycles. The topological polar surface area (TPSA) is 81.7 Å². The highest BCUT2D eigenvalue weighted by Gasteiger charge is 2.22. The van der Waals surface area contributed by atoms with Gasteiger partial charge in [0.15, 0.2) is 5.75 Å². The van der Waals surface area contributed by atoms with Gasteiger partial charge in [-0.15, -0.1) is 0 Å². The molecule has 0 aliphatic rings. The van der Waals surface area contributed by atoms with E-state index >= 15 is 0 Å². The number of halogens is 1. The maximum Gasteiger partial charge on any atom is 0.354 e. The van der Waals surface area contributed by atoms with Gasteiger partial charge in [-0.1, -0.05) is 58.0 Å². The minimum atomic E-state index is -0.719. The molecule has 174 valence electrons. The van der Waals surface area contributed by atoms with Gasteiger partial charge in [-0.2, -0.15) is 0 Å². The summed E-state index contributed by atoms with van der Waals surface area (Å²) in [5, 5.41) is 11.0. The zero-order valence-electron chi connectivity index (χ0n) is 18.4. The first-order chi connectivity index (χ1) is 17.0. The summed E-state index contributed by atoms with van der Waals surface area (Å²) in [6.07, 6.45) is 0. The number of aromatic nitrogens is 1. The van der Waals surface area contributed by atoms with E-state index in [0.29, 0.717) is 22.0 Å². The Kier molecular flexibility index (Phi) is 6.23. The molecule has 6 nitrogen and oxygen atoms in total. The van der Waals surface area contributed by atoms with Crippen molar-refractivity contribution in [3.63, 3.8) is 0 Å². The second kappa shape index (κ2) is 9.48. The van der Waals surface area contributed by atoms with E-state index in [9.17, 15) is 14.7 Å². The Balaban J connectivity index is 1.78. The van der Waals surface area contributed by atoms with Crippen LogP contribution in [0.5, 0.6) is 11.5 Å². The molecule has 5 rings (SSSR count). The quantitative estimate of drug-likeness (QED) is 0.280. The summed E-state index contributed by atoms with van der Waals surface area (Å²) in [6, 6.07) is 25.2. The summed E-state index contributed by atoms with van der Waals surface area (Å²) in [7, 11) is 1.57. The monoisotopic (exact) mass is 547 g/mol. The van der Waals surface area contributed by atoms with Crippen molar-refractivity contribution in [3.05, 3.63) is 110 Å². The summed E-state index contributed by atoms with van der Waals surface area (Å²) in [4.78, 5) is 27.3. The summed E-state index contributed by atoms with van der Waals surface area (Å²) in [6.45, 7) is 0. The van der Waals surface area contributed by atoms with Crippen molar-refractivity contribution in [2.45, 2.75) is 9.79 Å². The number of nitrogens with zero attached hydrogens (tertiary/aromatic N) is 1. The van der Waals surface area contributed by atoms with Crippen LogP contribution in [0.4, 0.5) is 0 Å². The van der Waals surface area contributed by atoms with E-state index in [2.05, 4.69) is 15.9 Å². The lowest BCUT2D eigenvalue weighted by Crippen LogP contribution is -2.21. The zero-order chi connectivity index (χ0) is 24.5. The largest absolute Gasteiger partial charge is 0.505 e. The van der Waals surface area contributed by atoms with Crippen molar-refractivity contribution >= 4 is 38.7 Å². The van der Waals surface area contributed by atoms with E-state index in [0.717, 1.165) is 21.8 Å². The molecule has 0 atom stereocenters. The van der Waals surface area contributed by atoms with Gasteiger partial charge < -0.3 is 14.3 Å². The van der Waals surface area contributed by atoms with Gasteiger partial charge in [0, 0.05) is 21.1 Å². The molecule has 0 radical (unpaired) electrons. The lowest BCUT2D eigenvalue weighted by Gasteiger charge is -2.16. The molecule has 0 bridgehead atoms. The number of fused-ring (bicyclic) bond motifs is 1. The van der Waals surface area contributed by atoms with Crippen LogP contribution in [0.3, 0.4) is 0 Å². The molecule has 2 heterocycles. The lowest BCUT2D eigenvalue weighted by molar-refractivity contribution is 0.414. The number of methoxy groups -OCH3 is 1. The normalized spacial score (nSPS) is 11.0. The van der Waals surface area contributed by atoms with E-state index in [1.807, 2.05) is 42.5 Å². The average Bonchev–Trinajstić information content (AvgIpc) is 2.88. The van der Waals surface area contributed by atoms with Gasteiger partial charge in [0.2, 0.25) is 0 Å². The molecule has 0 unspecified atom stereocenters. The molecule has 0 saturated carbocycles. The first-order valence-electron chi connectivity index (χ1n) is 10.6. The number of pyridine rings is 1. The summed E-state index contributed by atoms with van der Waals surface area (Å²) >= 11 is 4.41. The summed E-state index contributed by atoms with van der Waals surface area (Å²) in [5.74, 6) is 0.238. The maximum atomic E-state index is 13.9. The van der Waals surface area contributed by atoms with Crippen molar-refractivity contribution in [1.29, 1.82) is 0 Å². The Morgan fingerprint density at radius 3 is 2.29 bits per heavy atom. The van der Waals surface area contributed by atoms with Gasteiger partial charge in [-0.3, -0.25) is 9.36 Å². The fourth-order valence-electron chi connectivity index (χ4n) is 3.76. The third-order valence-corrected chi connectivity index (χ3v) is 7.05. The average molecular weight is 548 g/mol. The minimum absolute atomic E-state index is 0.0151. The second-order valence-electron chi connectivity index (χ2n) is 7.60. The number of rotatable bonds is 5. The zero-order valence-corrected chi connectivity index (χ0v) is 20.8. The van der Waals surface area contributed by atoms with Crippen molar-refractivity contribution in [2.24, 2.45) is 0 Å².